The molecule has 2 saturated heterocycles. The van der Waals surface area contributed by atoms with Crippen LogP contribution in [0.2, 0.25) is 0 Å². The summed E-state index contributed by atoms with van der Waals surface area (Å²) in [6, 6.07) is 0.363. The van der Waals surface area contributed by atoms with E-state index in [-0.39, 0.29) is 0 Å². The molecular formula is C15H24N4O2. The van der Waals surface area contributed by atoms with Crippen molar-refractivity contribution in [3.63, 3.8) is 0 Å². The third-order valence-electron chi connectivity index (χ3n) is 4.85. The van der Waals surface area contributed by atoms with Crippen molar-refractivity contribution >= 4 is 0 Å². The third kappa shape index (κ3) is 3.12. The van der Waals surface area contributed by atoms with Crippen molar-refractivity contribution in [3.05, 3.63) is 11.7 Å². The molecule has 0 radical (unpaired) electrons. The van der Waals surface area contributed by atoms with Gasteiger partial charge in [-0.2, -0.15) is 4.98 Å². The molecule has 21 heavy (non-hydrogen) atoms. The van der Waals surface area contributed by atoms with Crippen molar-refractivity contribution in [3.8, 4) is 0 Å². The summed E-state index contributed by atoms with van der Waals surface area (Å²) in [5.74, 6) is 2.33. The monoisotopic (exact) mass is 292 g/mol. The van der Waals surface area contributed by atoms with Gasteiger partial charge in [0.25, 0.3) is 0 Å². The van der Waals surface area contributed by atoms with Gasteiger partial charge in [-0.05, 0) is 32.2 Å². The van der Waals surface area contributed by atoms with Crippen LogP contribution in [0.15, 0.2) is 4.52 Å². The Labute approximate surface area is 125 Å². The second-order valence-corrected chi connectivity index (χ2v) is 6.41. The zero-order valence-corrected chi connectivity index (χ0v) is 12.5. The van der Waals surface area contributed by atoms with Gasteiger partial charge in [0, 0.05) is 32.1 Å². The lowest BCUT2D eigenvalue weighted by atomic mass is 10.2. The van der Waals surface area contributed by atoms with Crippen LogP contribution in [0.25, 0.3) is 0 Å². The number of rotatable bonds is 5. The maximum Gasteiger partial charge on any atom is 0.229 e. The van der Waals surface area contributed by atoms with Crippen molar-refractivity contribution in [1.82, 2.24) is 19.9 Å². The number of hydrogen-bond donors (Lipinski definition) is 0. The summed E-state index contributed by atoms with van der Waals surface area (Å²) < 4.78 is 10.8. The standard InChI is InChI=1S/C15H24N4O2/c1-2-13(14-16-15(21-17-14)12-3-4-12)19(5-1)7-6-18-8-10-20-11-9-18/h12-13H,1-11H2. The van der Waals surface area contributed by atoms with Crippen LogP contribution in [0.1, 0.15) is 49.4 Å². The first-order valence-corrected chi connectivity index (χ1v) is 8.28. The fourth-order valence-electron chi connectivity index (χ4n) is 3.36. The van der Waals surface area contributed by atoms with Crippen LogP contribution in [0.3, 0.4) is 0 Å². The number of likely N-dealkylation sites (tertiary alicyclic amines) is 1. The summed E-state index contributed by atoms with van der Waals surface area (Å²) >= 11 is 0. The van der Waals surface area contributed by atoms with Gasteiger partial charge >= 0.3 is 0 Å². The van der Waals surface area contributed by atoms with Crippen molar-refractivity contribution in [2.24, 2.45) is 0 Å². The van der Waals surface area contributed by atoms with E-state index in [0.717, 1.165) is 64.1 Å². The minimum atomic E-state index is 0.363. The number of aromatic nitrogens is 2. The van der Waals surface area contributed by atoms with Gasteiger partial charge in [0.2, 0.25) is 5.89 Å². The highest BCUT2D eigenvalue weighted by atomic mass is 16.5. The van der Waals surface area contributed by atoms with Gasteiger partial charge in [-0.25, -0.2) is 0 Å². The molecule has 3 fully saturated rings. The molecule has 3 aliphatic rings. The third-order valence-corrected chi connectivity index (χ3v) is 4.85. The van der Waals surface area contributed by atoms with E-state index in [2.05, 4.69) is 19.9 Å². The quantitative estimate of drug-likeness (QED) is 0.818. The summed E-state index contributed by atoms with van der Waals surface area (Å²) in [6.07, 6.45) is 4.83. The van der Waals surface area contributed by atoms with Crippen LogP contribution in [0.4, 0.5) is 0 Å². The molecule has 2 aliphatic heterocycles. The smallest absolute Gasteiger partial charge is 0.229 e. The largest absolute Gasteiger partial charge is 0.379 e. The van der Waals surface area contributed by atoms with Crippen LogP contribution in [0.5, 0.6) is 0 Å². The van der Waals surface area contributed by atoms with Crippen LogP contribution in [0, 0.1) is 0 Å². The molecule has 0 aromatic carbocycles. The molecule has 116 valence electrons. The Morgan fingerprint density at radius 1 is 1.05 bits per heavy atom. The minimum absolute atomic E-state index is 0.363. The fourth-order valence-corrected chi connectivity index (χ4v) is 3.36. The zero-order valence-electron chi connectivity index (χ0n) is 12.5. The van der Waals surface area contributed by atoms with Crippen LogP contribution < -0.4 is 0 Å². The lowest BCUT2D eigenvalue weighted by Crippen LogP contribution is -2.41. The molecule has 0 spiro atoms. The Bertz CT molecular complexity index is 468. The Morgan fingerprint density at radius 2 is 1.90 bits per heavy atom. The SMILES string of the molecule is C1CC(c2noc(C3CC3)n2)N(CCN2CCOCC2)C1. The summed E-state index contributed by atoms with van der Waals surface area (Å²) in [7, 11) is 0. The van der Waals surface area contributed by atoms with Gasteiger partial charge in [-0.15, -0.1) is 0 Å². The summed E-state index contributed by atoms with van der Waals surface area (Å²) in [6.45, 7) is 7.24. The first-order chi connectivity index (χ1) is 10.4. The molecule has 1 atom stereocenters. The number of hydrogen-bond acceptors (Lipinski definition) is 6. The van der Waals surface area contributed by atoms with E-state index in [1.54, 1.807) is 0 Å². The molecule has 1 saturated carbocycles. The van der Waals surface area contributed by atoms with Gasteiger partial charge < -0.3 is 9.26 Å². The highest BCUT2D eigenvalue weighted by Gasteiger charge is 2.34. The number of nitrogens with zero attached hydrogens (tertiary/aromatic N) is 4. The molecule has 6 nitrogen and oxygen atoms in total. The predicted octanol–water partition coefficient (Wildman–Crippen LogP) is 1.42. The maximum absolute atomic E-state index is 5.43. The van der Waals surface area contributed by atoms with Crippen molar-refractivity contribution in [1.29, 1.82) is 0 Å². The first-order valence-electron chi connectivity index (χ1n) is 8.28. The fraction of sp³-hybridized carbons (Fsp3) is 0.867. The molecule has 1 unspecified atom stereocenters. The van der Waals surface area contributed by atoms with E-state index in [9.17, 15) is 0 Å². The van der Waals surface area contributed by atoms with Crippen LogP contribution in [-0.4, -0.2) is 65.9 Å². The lowest BCUT2D eigenvalue weighted by molar-refractivity contribution is 0.0324. The summed E-state index contributed by atoms with van der Waals surface area (Å²) in [4.78, 5) is 9.66. The van der Waals surface area contributed by atoms with E-state index >= 15 is 0 Å². The molecule has 0 N–H and O–H groups in total. The molecule has 6 heteroatoms. The Balaban J connectivity index is 1.35. The average molecular weight is 292 g/mol. The Morgan fingerprint density at radius 3 is 2.71 bits per heavy atom. The summed E-state index contributed by atoms with van der Waals surface area (Å²) in [5.41, 5.74) is 0. The molecule has 0 amide bonds. The van der Waals surface area contributed by atoms with Crippen molar-refractivity contribution < 1.29 is 9.26 Å². The van der Waals surface area contributed by atoms with E-state index in [1.165, 1.54) is 19.3 Å². The second kappa shape index (κ2) is 6.02. The molecule has 3 heterocycles. The lowest BCUT2D eigenvalue weighted by Gasteiger charge is -2.30. The van der Waals surface area contributed by atoms with Gasteiger partial charge in [0.05, 0.1) is 19.3 Å². The van der Waals surface area contributed by atoms with Crippen molar-refractivity contribution in [2.75, 3.05) is 45.9 Å². The normalized spacial score (nSPS) is 28.3. The molecule has 4 rings (SSSR count). The van der Waals surface area contributed by atoms with Crippen LogP contribution in [-0.2, 0) is 4.74 Å². The summed E-state index contributed by atoms with van der Waals surface area (Å²) in [5, 5.41) is 4.24. The Kier molecular flexibility index (Phi) is 3.92. The van der Waals surface area contributed by atoms with Crippen LogP contribution >= 0.6 is 0 Å². The minimum Gasteiger partial charge on any atom is -0.379 e. The maximum atomic E-state index is 5.43. The number of ether oxygens (including phenoxy) is 1. The van der Waals surface area contributed by atoms with E-state index in [1.807, 2.05) is 0 Å². The van der Waals surface area contributed by atoms with E-state index in [0.29, 0.717) is 12.0 Å². The highest BCUT2D eigenvalue weighted by Crippen LogP contribution is 2.40. The van der Waals surface area contributed by atoms with E-state index < -0.39 is 0 Å². The molecule has 1 aromatic heterocycles. The highest BCUT2D eigenvalue weighted by molar-refractivity contribution is 5.05. The van der Waals surface area contributed by atoms with Gasteiger partial charge in [0.1, 0.15) is 0 Å². The molecule has 0 bridgehead atoms. The van der Waals surface area contributed by atoms with Gasteiger partial charge in [-0.1, -0.05) is 5.16 Å². The zero-order chi connectivity index (χ0) is 14.1. The van der Waals surface area contributed by atoms with E-state index in [4.69, 9.17) is 9.26 Å². The average Bonchev–Trinajstić information content (AvgIpc) is 3.08. The van der Waals surface area contributed by atoms with Gasteiger partial charge in [0.15, 0.2) is 5.82 Å². The number of morpholine rings is 1. The first kappa shape index (κ1) is 13.7. The molecular weight excluding hydrogens is 268 g/mol. The molecule has 1 aliphatic carbocycles. The topological polar surface area (TPSA) is 54.6 Å². The Hall–Kier alpha value is -0.980. The predicted molar refractivity (Wildman–Crippen MR) is 77.1 cm³/mol. The van der Waals surface area contributed by atoms with Crippen molar-refractivity contribution in [2.45, 2.75) is 37.6 Å². The van der Waals surface area contributed by atoms with Gasteiger partial charge in [-0.3, -0.25) is 9.80 Å². The second-order valence-electron chi connectivity index (χ2n) is 6.41. The molecule has 1 aromatic rings.